The number of rotatable bonds is 6. The van der Waals surface area contributed by atoms with Crippen LogP contribution in [0.15, 0.2) is 0 Å². The maximum Gasteiger partial charge on any atom is 0.133 e. The lowest BCUT2D eigenvalue weighted by Gasteiger charge is -2.38. The molecule has 0 radical (unpaired) electrons. The molecule has 0 aromatic rings. The van der Waals surface area contributed by atoms with Crippen molar-refractivity contribution in [3.8, 4) is 0 Å². The molecular formula is C16H30O3. The van der Waals surface area contributed by atoms with E-state index in [-0.39, 0.29) is 11.0 Å². The van der Waals surface area contributed by atoms with Gasteiger partial charge in [0.2, 0.25) is 0 Å². The normalized spacial score (nSPS) is 28.4. The number of Topliss-reactive ketones (excluding diaryl/α,β-unsaturated/α-hetero) is 1. The predicted molar refractivity (Wildman–Crippen MR) is 77.3 cm³/mol. The fourth-order valence-corrected chi connectivity index (χ4v) is 3.06. The molecule has 0 aliphatic heterocycles. The van der Waals surface area contributed by atoms with Crippen molar-refractivity contribution in [2.75, 3.05) is 20.8 Å². The van der Waals surface area contributed by atoms with Gasteiger partial charge in [-0.15, -0.1) is 0 Å². The second-order valence-corrected chi connectivity index (χ2v) is 7.24. The largest absolute Gasteiger partial charge is 0.382 e. The zero-order valence-corrected chi connectivity index (χ0v) is 13.3. The molecule has 0 atom stereocenters. The average Bonchev–Trinajstić information content (AvgIpc) is 2.30. The van der Waals surface area contributed by atoms with Crippen molar-refractivity contribution >= 4 is 5.78 Å². The highest BCUT2D eigenvalue weighted by atomic mass is 16.5. The molecule has 1 saturated carbocycles. The van der Waals surface area contributed by atoms with Crippen LogP contribution >= 0.6 is 0 Å². The van der Waals surface area contributed by atoms with Gasteiger partial charge in [-0.05, 0) is 37.0 Å². The molecule has 0 amide bonds. The Balaban J connectivity index is 2.39. The minimum Gasteiger partial charge on any atom is -0.382 e. The van der Waals surface area contributed by atoms with Gasteiger partial charge in [-0.3, -0.25) is 4.79 Å². The van der Waals surface area contributed by atoms with Crippen LogP contribution in [0, 0.1) is 11.3 Å². The zero-order chi connectivity index (χ0) is 14.5. The van der Waals surface area contributed by atoms with Crippen molar-refractivity contribution in [1.82, 2.24) is 0 Å². The van der Waals surface area contributed by atoms with E-state index in [1.807, 2.05) is 0 Å². The number of methoxy groups -OCH3 is 2. The molecule has 0 heterocycles. The maximum absolute atomic E-state index is 12.0. The minimum absolute atomic E-state index is 0.109. The number of hydrogen-bond donors (Lipinski definition) is 0. The minimum atomic E-state index is -0.113. The van der Waals surface area contributed by atoms with Crippen molar-refractivity contribution in [3.05, 3.63) is 0 Å². The van der Waals surface area contributed by atoms with E-state index < -0.39 is 0 Å². The lowest BCUT2D eigenvalue weighted by molar-refractivity contribution is -0.123. The molecule has 0 N–H and O–H groups in total. The maximum atomic E-state index is 12.0. The summed E-state index contributed by atoms with van der Waals surface area (Å²) >= 11 is 0. The molecule has 1 fully saturated rings. The zero-order valence-electron chi connectivity index (χ0n) is 13.3. The van der Waals surface area contributed by atoms with E-state index in [2.05, 4.69) is 20.8 Å². The van der Waals surface area contributed by atoms with Gasteiger partial charge in [0.15, 0.2) is 0 Å². The molecule has 0 aromatic heterocycles. The van der Waals surface area contributed by atoms with Crippen molar-refractivity contribution in [2.24, 2.45) is 11.3 Å². The standard InChI is InChI=1S/C16H30O3/c1-15(2,3)11-14(17)10-13-6-8-16(19-5,9-7-13)12-18-4/h13H,6-12H2,1-5H3. The van der Waals surface area contributed by atoms with Gasteiger partial charge in [0.05, 0.1) is 12.2 Å². The van der Waals surface area contributed by atoms with E-state index in [1.165, 1.54) is 0 Å². The van der Waals surface area contributed by atoms with Gasteiger partial charge in [-0.1, -0.05) is 20.8 Å². The molecule has 0 saturated heterocycles. The second-order valence-electron chi connectivity index (χ2n) is 7.24. The molecule has 3 nitrogen and oxygen atoms in total. The van der Waals surface area contributed by atoms with Crippen LogP contribution < -0.4 is 0 Å². The summed E-state index contributed by atoms with van der Waals surface area (Å²) in [5.41, 5.74) is -0.00356. The summed E-state index contributed by atoms with van der Waals surface area (Å²) in [7, 11) is 3.49. The molecule has 1 rings (SSSR count). The highest BCUT2D eigenvalue weighted by molar-refractivity contribution is 5.79. The Morgan fingerprint density at radius 1 is 1.21 bits per heavy atom. The molecule has 3 heteroatoms. The Morgan fingerprint density at radius 3 is 2.21 bits per heavy atom. The van der Waals surface area contributed by atoms with Crippen LogP contribution in [0.5, 0.6) is 0 Å². The van der Waals surface area contributed by atoms with Crippen LogP contribution in [-0.4, -0.2) is 32.2 Å². The van der Waals surface area contributed by atoms with E-state index >= 15 is 0 Å². The van der Waals surface area contributed by atoms with Gasteiger partial charge in [0.1, 0.15) is 5.78 Å². The number of ketones is 1. The summed E-state index contributed by atoms with van der Waals surface area (Å²) in [6.07, 6.45) is 5.59. The molecule has 1 aliphatic carbocycles. The van der Waals surface area contributed by atoms with Crippen LogP contribution in [0.4, 0.5) is 0 Å². The Kier molecular flexibility index (Phi) is 6.00. The van der Waals surface area contributed by atoms with Crippen LogP contribution in [0.25, 0.3) is 0 Å². The quantitative estimate of drug-likeness (QED) is 0.739. The van der Waals surface area contributed by atoms with Gasteiger partial charge in [-0.2, -0.15) is 0 Å². The Labute approximate surface area is 118 Å². The fraction of sp³-hybridized carbons (Fsp3) is 0.938. The second kappa shape index (κ2) is 6.85. The van der Waals surface area contributed by atoms with E-state index in [9.17, 15) is 4.79 Å². The topological polar surface area (TPSA) is 35.5 Å². The summed E-state index contributed by atoms with van der Waals surface area (Å²) in [5, 5.41) is 0. The number of carbonyl (C=O) groups excluding carboxylic acids is 1. The molecule has 0 unspecified atom stereocenters. The van der Waals surface area contributed by atoms with Crippen molar-refractivity contribution in [3.63, 3.8) is 0 Å². The Bertz CT molecular complexity index is 283. The van der Waals surface area contributed by atoms with Gasteiger partial charge in [0, 0.05) is 27.1 Å². The summed E-state index contributed by atoms with van der Waals surface area (Å²) in [5.74, 6) is 0.948. The number of carbonyl (C=O) groups is 1. The molecule has 112 valence electrons. The molecule has 1 aliphatic rings. The lowest BCUT2D eigenvalue weighted by atomic mass is 9.76. The number of ether oxygens (including phenoxy) is 2. The first-order valence-corrected chi connectivity index (χ1v) is 7.36. The smallest absolute Gasteiger partial charge is 0.133 e. The fourth-order valence-electron chi connectivity index (χ4n) is 3.06. The van der Waals surface area contributed by atoms with E-state index in [1.54, 1.807) is 14.2 Å². The van der Waals surface area contributed by atoms with Gasteiger partial charge < -0.3 is 9.47 Å². The van der Waals surface area contributed by atoms with Crippen LogP contribution in [-0.2, 0) is 14.3 Å². The summed E-state index contributed by atoms with van der Waals surface area (Å²) in [4.78, 5) is 12.0. The van der Waals surface area contributed by atoms with Crippen molar-refractivity contribution in [2.45, 2.75) is 64.9 Å². The lowest BCUT2D eigenvalue weighted by Crippen LogP contribution is -2.40. The Hall–Kier alpha value is -0.410. The highest BCUT2D eigenvalue weighted by Gasteiger charge is 2.36. The third kappa shape index (κ3) is 5.62. The molecule has 0 aromatic carbocycles. The van der Waals surface area contributed by atoms with Crippen LogP contribution in [0.2, 0.25) is 0 Å². The van der Waals surface area contributed by atoms with Gasteiger partial charge >= 0.3 is 0 Å². The van der Waals surface area contributed by atoms with Crippen LogP contribution in [0.3, 0.4) is 0 Å². The first-order chi connectivity index (χ1) is 8.80. The van der Waals surface area contributed by atoms with Crippen molar-refractivity contribution < 1.29 is 14.3 Å². The molecule has 0 bridgehead atoms. The molecule has 0 spiro atoms. The molecular weight excluding hydrogens is 240 g/mol. The first kappa shape index (κ1) is 16.6. The van der Waals surface area contributed by atoms with E-state index in [0.29, 0.717) is 24.7 Å². The van der Waals surface area contributed by atoms with Gasteiger partial charge in [-0.25, -0.2) is 0 Å². The van der Waals surface area contributed by atoms with Crippen molar-refractivity contribution in [1.29, 1.82) is 0 Å². The predicted octanol–water partition coefficient (Wildman–Crippen LogP) is 3.60. The summed E-state index contributed by atoms with van der Waals surface area (Å²) in [6, 6.07) is 0. The monoisotopic (exact) mass is 270 g/mol. The third-order valence-corrected chi connectivity index (χ3v) is 4.10. The first-order valence-electron chi connectivity index (χ1n) is 7.36. The SMILES string of the molecule is COCC1(OC)CCC(CC(=O)CC(C)(C)C)CC1. The Morgan fingerprint density at radius 2 is 1.79 bits per heavy atom. The summed E-state index contributed by atoms with van der Waals surface area (Å²) < 4.78 is 10.9. The summed E-state index contributed by atoms with van der Waals surface area (Å²) in [6.45, 7) is 7.03. The average molecular weight is 270 g/mol. The van der Waals surface area contributed by atoms with E-state index in [4.69, 9.17) is 9.47 Å². The third-order valence-electron chi connectivity index (χ3n) is 4.10. The van der Waals surface area contributed by atoms with E-state index in [0.717, 1.165) is 32.1 Å². The highest BCUT2D eigenvalue weighted by Crippen LogP contribution is 2.37. The molecule has 19 heavy (non-hydrogen) atoms. The van der Waals surface area contributed by atoms with Gasteiger partial charge in [0.25, 0.3) is 0 Å². The number of hydrogen-bond acceptors (Lipinski definition) is 3. The van der Waals surface area contributed by atoms with Crippen LogP contribution in [0.1, 0.15) is 59.3 Å².